The van der Waals surface area contributed by atoms with Gasteiger partial charge in [0, 0.05) is 18.6 Å². The van der Waals surface area contributed by atoms with E-state index in [1.54, 1.807) is 24.3 Å². The van der Waals surface area contributed by atoms with Crippen molar-refractivity contribution >= 4 is 28.8 Å². The normalized spacial score (nSPS) is 12.1. The molecule has 0 unspecified atom stereocenters. The average Bonchev–Trinajstić information content (AvgIpc) is 3.22. The Hall–Kier alpha value is -4.08. The summed E-state index contributed by atoms with van der Waals surface area (Å²) in [6.07, 6.45) is 4.23. The van der Waals surface area contributed by atoms with Crippen LogP contribution in [0, 0.1) is 5.82 Å². The zero-order valence-corrected chi connectivity index (χ0v) is 15.5. The van der Waals surface area contributed by atoms with Crippen molar-refractivity contribution in [3.8, 4) is 0 Å². The largest absolute Gasteiger partial charge is 0.396 e. The van der Waals surface area contributed by atoms with Crippen LogP contribution in [0.5, 0.6) is 0 Å². The molecule has 0 saturated carbocycles. The highest BCUT2D eigenvalue weighted by molar-refractivity contribution is 6.10. The lowest BCUT2D eigenvalue weighted by Crippen LogP contribution is -2.13. The van der Waals surface area contributed by atoms with Crippen LogP contribution in [0.2, 0.25) is 0 Å². The van der Waals surface area contributed by atoms with Crippen molar-refractivity contribution in [2.45, 2.75) is 13.5 Å². The molecule has 5 N–H and O–H groups in total. The van der Waals surface area contributed by atoms with Gasteiger partial charge in [0.25, 0.3) is 0 Å². The number of nitrogens with two attached hydrogens (primary N) is 2. The number of carbonyl (C=O) groups is 1. The van der Waals surface area contributed by atoms with E-state index in [9.17, 15) is 9.18 Å². The molecule has 2 aromatic heterocycles. The Morgan fingerprint density at radius 2 is 2.14 bits per heavy atom. The van der Waals surface area contributed by atoms with Crippen molar-refractivity contribution in [3.05, 3.63) is 71.8 Å². The van der Waals surface area contributed by atoms with Crippen molar-refractivity contribution in [2.24, 2.45) is 10.7 Å². The second kappa shape index (κ2) is 8.74. The van der Waals surface area contributed by atoms with Gasteiger partial charge >= 0.3 is 0 Å². The van der Waals surface area contributed by atoms with E-state index in [0.717, 1.165) is 0 Å². The highest BCUT2D eigenvalue weighted by Gasteiger charge is 2.11. The molecule has 10 heteroatoms. The average molecular weight is 395 g/mol. The summed E-state index contributed by atoms with van der Waals surface area (Å²) in [7, 11) is 0. The second-order valence-corrected chi connectivity index (χ2v) is 5.95. The van der Waals surface area contributed by atoms with Crippen LogP contribution < -0.4 is 16.8 Å². The van der Waals surface area contributed by atoms with Crippen LogP contribution in [-0.2, 0) is 11.3 Å². The Morgan fingerprint density at radius 3 is 2.79 bits per heavy atom. The van der Waals surface area contributed by atoms with Gasteiger partial charge in [0.1, 0.15) is 23.5 Å². The fraction of sp³-hybridized carbons (Fsp3) is 0.105. The van der Waals surface area contributed by atoms with Gasteiger partial charge in [-0.15, -0.1) is 0 Å². The molecular weight excluding hydrogens is 377 g/mol. The first-order valence-electron chi connectivity index (χ1n) is 8.50. The lowest BCUT2D eigenvalue weighted by molar-refractivity contribution is -0.114. The monoisotopic (exact) mass is 395 g/mol. The van der Waals surface area contributed by atoms with Crippen LogP contribution in [0.1, 0.15) is 24.0 Å². The molecule has 0 aliphatic heterocycles. The van der Waals surface area contributed by atoms with Gasteiger partial charge in [0.05, 0.1) is 24.2 Å². The van der Waals surface area contributed by atoms with Gasteiger partial charge in [-0.25, -0.2) is 14.4 Å². The minimum Gasteiger partial charge on any atom is -0.396 e. The topological polar surface area (TPSA) is 145 Å². The van der Waals surface area contributed by atoms with Gasteiger partial charge in [-0.05, 0) is 12.1 Å². The number of halogens is 1. The Kier molecular flexibility index (Phi) is 5.93. The molecule has 1 aromatic carbocycles. The number of hydrogen-bond acceptors (Lipinski definition) is 8. The molecule has 0 bridgehead atoms. The standard InChI is InChI=1S/C19H18FN7O2/c1-11(28)25-17-10-24-19(26-18(17)22)14(21)8-16(15-6-7-29-27-15)23-9-12-4-2-3-5-13(12)20/h2-8,10H,9,21H2,1H3,(H,25,28)(H2,22,24,26). The summed E-state index contributed by atoms with van der Waals surface area (Å²) in [5.41, 5.74) is 13.5. The van der Waals surface area contributed by atoms with Crippen molar-refractivity contribution in [1.29, 1.82) is 0 Å². The summed E-state index contributed by atoms with van der Waals surface area (Å²) < 4.78 is 18.7. The second-order valence-electron chi connectivity index (χ2n) is 5.95. The van der Waals surface area contributed by atoms with Gasteiger partial charge in [0.15, 0.2) is 11.6 Å². The number of aromatic nitrogens is 3. The SMILES string of the molecule is CC(=O)Nc1cnc(C(N)=CC(=NCc2ccccc2F)c2ccon2)nc1N. The Morgan fingerprint density at radius 1 is 1.34 bits per heavy atom. The number of nitrogen functional groups attached to an aromatic ring is 1. The molecular formula is C19H18FN7O2. The predicted molar refractivity (Wildman–Crippen MR) is 106 cm³/mol. The molecule has 148 valence electrons. The van der Waals surface area contributed by atoms with Crippen molar-refractivity contribution in [1.82, 2.24) is 15.1 Å². The highest BCUT2D eigenvalue weighted by Crippen LogP contribution is 2.17. The lowest BCUT2D eigenvalue weighted by Gasteiger charge is -2.07. The lowest BCUT2D eigenvalue weighted by atomic mass is 10.2. The molecule has 0 aliphatic carbocycles. The molecule has 3 aromatic rings. The molecule has 0 radical (unpaired) electrons. The van der Waals surface area contributed by atoms with E-state index in [0.29, 0.717) is 17.0 Å². The Balaban J connectivity index is 1.91. The first kappa shape index (κ1) is 19.7. The van der Waals surface area contributed by atoms with E-state index in [2.05, 4.69) is 25.4 Å². The van der Waals surface area contributed by atoms with E-state index < -0.39 is 0 Å². The van der Waals surface area contributed by atoms with Crippen LogP contribution in [0.25, 0.3) is 5.70 Å². The number of hydrogen-bond donors (Lipinski definition) is 3. The number of aliphatic imine (C=N–C) groups is 1. The third kappa shape index (κ3) is 5.01. The van der Waals surface area contributed by atoms with Gasteiger partial charge in [-0.1, -0.05) is 23.4 Å². The van der Waals surface area contributed by atoms with E-state index in [1.807, 2.05) is 0 Å². The smallest absolute Gasteiger partial charge is 0.221 e. The van der Waals surface area contributed by atoms with Crippen molar-refractivity contribution in [2.75, 3.05) is 11.1 Å². The fourth-order valence-electron chi connectivity index (χ4n) is 2.37. The molecule has 2 heterocycles. The minimum absolute atomic E-state index is 0.0628. The first-order valence-corrected chi connectivity index (χ1v) is 8.50. The summed E-state index contributed by atoms with van der Waals surface area (Å²) in [5, 5.41) is 6.36. The maximum Gasteiger partial charge on any atom is 0.221 e. The van der Waals surface area contributed by atoms with Crippen LogP contribution >= 0.6 is 0 Å². The Bertz CT molecular complexity index is 1080. The van der Waals surface area contributed by atoms with Crippen LogP contribution in [0.3, 0.4) is 0 Å². The van der Waals surface area contributed by atoms with E-state index in [1.165, 1.54) is 31.5 Å². The zero-order valence-electron chi connectivity index (χ0n) is 15.5. The molecule has 9 nitrogen and oxygen atoms in total. The predicted octanol–water partition coefficient (Wildman–Crippen LogP) is 2.13. The van der Waals surface area contributed by atoms with Gasteiger partial charge in [-0.3, -0.25) is 9.79 Å². The minimum atomic E-state index is -0.364. The third-order valence-corrected chi connectivity index (χ3v) is 3.76. The molecule has 0 aliphatic rings. The van der Waals surface area contributed by atoms with E-state index in [-0.39, 0.29) is 41.3 Å². The number of nitrogens with one attached hydrogen (secondary N) is 1. The summed E-state index contributed by atoms with van der Waals surface area (Å²) in [6, 6.07) is 7.92. The molecule has 3 rings (SSSR count). The summed E-state index contributed by atoms with van der Waals surface area (Å²) in [5.74, 6) is -0.464. The quantitative estimate of drug-likeness (QED) is 0.542. The van der Waals surface area contributed by atoms with Gasteiger partial charge < -0.3 is 21.3 Å². The number of carbonyl (C=O) groups excluding carboxylic acids is 1. The molecule has 29 heavy (non-hydrogen) atoms. The number of amides is 1. The molecule has 0 fully saturated rings. The van der Waals surface area contributed by atoms with Gasteiger partial charge in [0.2, 0.25) is 5.91 Å². The number of rotatable bonds is 6. The van der Waals surface area contributed by atoms with Crippen molar-refractivity contribution in [3.63, 3.8) is 0 Å². The zero-order chi connectivity index (χ0) is 20.8. The van der Waals surface area contributed by atoms with E-state index >= 15 is 0 Å². The Labute approximate surface area is 165 Å². The first-order chi connectivity index (χ1) is 13.9. The molecule has 0 saturated heterocycles. The number of anilines is 2. The summed E-state index contributed by atoms with van der Waals surface area (Å²) >= 11 is 0. The summed E-state index contributed by atoms with van der Waals surface area (Å²) in [6.45, 7) is 1.42. The number of nitrogens with zero attached hydrogens (tertiary/aromatic N) is 4. The summed E-state index contributed by atoms with van der Waals surface area (Å²) in [4.78, 5) is 23.7. The van der Waals surface area contributed by atoms with Crippen LogP contribution in [-0.4, -0.2) is 26.7 Å². The maximum absolute atomic E-state index is 13.9. The van der Waals surface area contributed by atoms with E-state index in [4.69, 9.17) is 16.0 Å². The van der Waals surface area contributed by atoms with Crippen LogP contribution in [0.15, 0.2) is 58.4 Å². The fourth-order valence-corrected chi connectivity index (χ4v) is 2.37. The number of benzene rings is 1. The molecule has 0 atom stereocenters. The van der Waals surface area contributed by atoms with Crippen molar-refractivity contribution < 1.29 is 13.7 Å². The number of allylic oxidation sites excluding steroid dienone is 1. The van der Waals surface area contributed by atoms with Gasteiger partial charge in [-0.2, -0.15) is 0 Å². The molecule has 1 amide bonds. The third-order valence-electron chi connectivity index (χ3n) is 3.76. The maximum atomic E-state index is 13.9. The van der Waals surface area contributed by atoms with Crippen LogP contribution in [0.4, 0.5) is 15.9 Å². The highest BCUT2D eigenvalue weighted by atomic mass is 19.1. The molecule has 0 spiro atoms.